The summed E-state index contributed by atoms with van der Waals surface area (Å²) in [7, 11) is 2.91. The van der Waals surface area contributed by atoms with Crippen molar-refractivity contribution < 1.29 is 29.0 Å². The number of nitrogens with one attached hydrogen (secondary N) is 1. The fraction of sp³-hybridized carbons (Fsp3) is 0.308. The van der Waals surface area contributed by atoms with Crippen LogP contribution in [0.1, 0.15) is 52.0 Å². The Morgan fingerprint density at radius 3 is 2.34 bits per heavy atom. The maximum atomic E-state index is 14.1. The number of methoxy groups -OCH3 is 2. The summed E-state index contributed by atoms with van der Waals surface area (Å²) in [5.41, 5.74) is 11.7. The third kappa shape index (κ3) is 6.14. The Kier molecular flexibility index (Phi) is 9.13. The lowest BCUT2D eigenvalue weighted by Gasteiger charge is -2.32. The van der Waals surface area contributed by atoms with Crippen LogP contribution in [0.3, 0.4) is 0 Å². The van der Waals surface area contributed by atoms with Gasteiger partial charge in [-0.25, -0.2) is 0 Å². The first-order valence-corrected chi connectivity index (χ1v) is 12.5. The molecule has 1 aromatic heterocycles. The zero-order valence-corrected chi connectivity index (χ0v) is 22.4. The molecule has 2 aromatic carbocycles. The van der Waals surface area contributed by atoms with Crippen LogP contribution < -0.4 is 31.2 Å². The number of primary amides is 1. The molecular weight excluding hydrogens is 510 g/mol. The van der Waals surface area contributed by atoms with Gasteiger partial charge >= 0.3 is 0 Å². The minimum atomic E-state index is -1.21. The first kappa shape index (κ1) is 28.3. The van der Waals surface area contributed by atoms with Crippen molar-refractivity contribution in [3.05, 3.63) is 58.6 Å². The van der Waals surface area contributed by atoms with Crippen LogP contribution in [-0.2, 0) is 4.79 Å². The van der Waals surface area contributed by atoms with E-state index in [1.165, 1.54) is 31.3 Å². The number of nitrogens with two attached hydrogens (primary N) is 2. The number of aromatic nitrogens is 1. The van der Waals surface area contributed by atoms with Crippen molar-refractivity contribution in [3.8, 4) is 17.2 Å². The highest BCUT2D eigenvalue weighted by Crippen LogP contribution is 2.40. The Bertz CT molecular complexity index is 1310. The van der Waals surface area contributed by atoms with E-state index in [2.05, 4.69) is 9.69 Å². The molecule has 0 bridgehead atoms. The molecule has 38 heavy (non-hydrogen) atoms. The van der Waals surface area contributed by atoms with E-state index < -0.39 is 23.8 Å². The Balaban J connectivity index is 2.24. The van der Waals surface area contributed by atoms with Crippen LogP contribution in [0.4, 0.5) is 11.4 Å². The van der Waals surface area contributed by atoms with Crippen molar-refractivity contribution in [2.75, 3.05) is 31.4 Å². The average Bonchev–Trinajstić information content (AvgIpc) is 3.28. The van der Waals surface area contributed by atoms with Crippen LogP contribution in [0.25, 0.3) is 0 Å². The van der Waals surface area contributed by atoms with Gasteiger partial charge in [-0.05, 0) is 53.7 Å². The van der Waals surface area contributed by atoms with E-state index in [-0.39, 0.29) is 33.4 Å². The number of phenolic OH excluding ortho intramolecular Hbond substituents is 1. The summed E-state index contributed by atoms with van der Waals surface area (Å²) in [5, 5.41) is 12.8. The van der Waals surface area contributed by atoms with Crippen molar-refractivity contribution in [3.63, 3.8) is 0 Å². The standard InChI is InChI=1S/C26H31N5O6S/c1-14(2)11-12-29-25(34)22(15-5-7-16(32)8-6-15)31(18-10-9-17(36-3)13-19(18)37-4)26(35)23-20(27)21(24(28)33)30-38-23/h5-10,13-14,22,32H,11-12,27H2,1-4H3,(H2,28,33)(H,29,34)/t22-/m1/s1. The smallest absolute Gasteiger partial charge is 0.273 e. The number of amides is 3. The van der Waals surface area contributed by atoms with Gasteiger partial charge in [-0.3, -0.25) is 19.3 Å². The number of phenols is 1. The first-order valence-electron chi connectivity index (χ1n) is 11.8. The summed E-state index contributed by atoms with van der Waals surface area (Å²) >= 11 is 0.701. The maximum absolute atomic E-state index is 14.1. The Hall–Kier alpha value is -4.32. The van der Waals surface area contributed by atoms with Gasteiger partial charge in [-0.2, -0.15) is 4.37 Å². The third-order valence-electron chi connectivity index (χ3n) is 5.76. The highest BCUT2D eigenvalue weighted by atomic mass is 32.1. The molecule has 1 heterocycles. The number of aromatic hydroxyl groups is 1. The molecule has 3 amide bonds. The van der Waals surface area contributed by atoms with E-state index in [4.69, 9.17) is 20.9 Å². The number of hydrogen-bond donors (Lipinski definition) is 4. The second-order valence-electron chi connectivity index (χ2n) is 8.82. The summed E-state index contributed by atoms with van der Waals surface area (Å²) in [4.78, 5) is 40.8. The molecular formula is C26H31N5O6S. The molecule has 0 aliphatic carbocycles. The van der Waals surface area contributed by atoms with Crippen LogP contribution in [0.2, 0.25) is 0 Å². The lowest BCUT2D eigenvalue weighted by atomic mass is 10.0. The van der Waals surface area contributed by atoms with Gasteiger partial charge < -0.3 is 31.4 Å². The predicted molar refractivity (Wildman–Crippen MR) is 145 cm³/mol. The molecule has 11 nitrogen and oxygen atoms in total. The van der Waals surface area contributed by atoms with Gasteiger partial charge in [0, 0.05) is 12.6 Å². The number of anilines is 2. The lowest BCUT2D eigenvalue weighted by Crippen LogP contribution is -2.44. The Morgan fingerprint density at radius 1 is 1.11 bits per heavy atom. The first-order chi connectivity index (χ1) is 18.1. The summed E-state index contributed by atoms with van der Waals surface area (Å²) in [6, 6.07) is 9.49. The van der Waals surface area contributed by atoms with Gasteiger partial charge in [-0.1, -0.05) is 26.0 Å². The molecule has 0 radical (unpaired) electrons. The number of carbonyl (C=O) groups is 3. The normalized spacial score (nSPS) is 11.6. The topological polar surface area (TPSA) is 170 Å². The van der Waals surface area contributed by atoms with Crippen LogP contribution >= 0.6 is 11.5 Å². The lowest BCUT2D eigenvalue weighted by molar-refractivity contribution is -0.122. The molecule has 202 valence electrons. The number of rotatable bonds is 11. The number of nitrogen functional groups attached to an aromatic ring is 1. The average molecular weight is 542 g/mol. The van der Waals surface area contributed by atoms with E-state index in [0.29, 0.717) is 35.3 Å². The summed E-state index contributed by atoms with van der Waals surface area (Å²) < 4.78 is 14.8. The van der Waals surface area contributed by atoms with Gasteiger partial charge in [0.1, 0.15) is 28.2 Å². The molecule has 0 aliphatic rings. The molecule has 0 saturated heterocycles. The summed E-state index contributed by atoms with van der Waals surface area (Å²) in [5.74, 6) is -1.01. The molecule has 0 saturated carbocycles. The van der Waals surface area contributed by atoms with Crippen LogP contribution in [-0.4, -0.2) is 48.0 Å². The molecule has 0 aliphatic heterocycles. The molecule has 6 N–H and O–H groups in total. The quantitative estimate of drug-likeness (QED) is 0.287. The molecule has 3 aromatic rings. The third-order valence-corrected chi connectivity index (χ3v) is 6.61. The molecule has 0 spiro atoms. The summed E-state index contributed by atoms with van der Waals surface area (Å²) in [6.45, 7) is 4.44. The number of hydrogen-bond acceptors (Lipinski definition) is 9. The zero-order valence-electron chi connectivity index (χ0n) is 21.6. The second-order valence-corrected chi connectivity index (χ2v) is 9.59. The fourth-order valence-corrected chi connectivity index (χ4v) is 4.49. The van der Waals surface area contributed by atoms with Gasteiger partial charge in [0.15, 0.2) is 5.69 Å². The minimum Gasteiger partial charge on any atom is -0.508 e. The van der Waals surface area contributed by atoms with Gasteiger partial charge in [-0.15, -0.1) is 0 Å². The van der Waals surface area contributed by atoms with Crippen LogP contribution in [0, 0.1) is 5.92 Å². The fourth-order valence-electron chi connectivity index (χ4n) is 3.74. The van der Waals surface area contributed by atoms with Crippen molar-refractivity contribution in [1.82, 2.24) is 9.69 Å². The van der Waals surface area contributed by atoms with Crippen molar-refractivity contribution in [2.24, 2.45) is 11.7 Å². The second kappa shape index (κ2) is 12.3. The van der Waals surface area contributed by atoms with Gasteiger partial charge in [0.2, 0.25) is 5.91 Å². The van der Waals surface area contributed by atoms with Crippen molar-refractivity contribution in [1.29, 1.82) is 0 Å². The van der Waals surface area contributed by atoms with Crippen LogP contribution in [0.5, 0.6) is 17.2 Å². The Labute approximate surface area is 224 Å². The largest absolute Gasteiger partial charge is 0.508 e. The summed E-state index contributed by atoms with van der Waals surface area (Å²) in [6.07, 6.45) is 0.720. The van der Waals surface area contributed by atoms with Crippen LogP contribution in [0.15, 0.2) is 42.5 Å². The van der Waals surface area contributed by atoms with Gasteiger partial charge in [0.25, 0.3) is 11.8 Å². The number of benzene rings is 2. The monoisotopic (exact) mass is 541 g/mol. The maximum Gasteiger partial charge on any atom is 0.273 e. The highest BCUT2D eigenvalue weighted by Gasteiger charge is 2.37. The van der Waals surface area contributed by atoms with Crippen molar-refractivity contribution in [2.45, 2.75) is 26.3 Å². The molecule has 3 rings (SSSR count). The number of nitrogens with zero attached hydrogens (tertiary/aromatic N) is 2. The van der Waals surface area contributed by atoms with Crippen molar-refractivity contribution >= 4 is 40.6 Å². The van der Waals surface area contributed by atoms with E-state index in [1.807, 2.05) is 13.8 Å². The highest BCUT2D eigenvalue weighted by molar-refractivity contribution is 7.09. The van der Waals surface area contributed by atoms with Gasteiger partial charge in [0.05, 0.1) is 25.6 Å². The number of carbonyl (C=O) groups excluding carboxylic acids is 3. The molecule has 1 atom stereocenters. The van der Waals surface area contributed by atoms with E-state index in [0.717, 1.165) is 6.42 Å². The predicted octanol–water partition coefficient (Wildman–Crippen LogP) is 3.10. The Morgan fingerprint density at radius 2 is 1.79 bits per heavy atom. The molecule has 12 heteroatoms. The zero-order chi connectivity index (χ0) is 28.0. The SMILES string of the molecule is COc1ccc(N(C(=O)c2snc(C(N)=O)c2N)[C@@H](C(=O)NCCC(C)C)c2ccc(O)cc2)c(OC)c1. The van der Waals surface area contributed by atoms with E-state index in [1.54, 1.807) is 30.3 Å². The minimum absolute atomic E-state index is 0.00887. The van der Waals surface area contributed by atoms with E-state index >= 15 is 0 Å². The number of ether oxygens (including phenoxy) is 2. The molecule has 0 fully saturated rings. The van der Waals surface area contributed by atoms with E-state index in [9.17, 15) is 19.5 Å². The molecule has 0 unspecified atom stereocenters.